The molecule has 0 unspecified atom stereocenters. The van der Waals surface area contributed by atoms with Gasteiger partial charge in [0.15, 0.2) is 23.1 Å². The Morgan fingerprint density at radius 1 is 1.10 bits per heavy atom. The first-order valence-corrected chi connectivity index (χ1v) is 12.9. The van der Waals surface area contributed by atoms with E-state index in [-0.39, 0.29) is 41.3 Å². The second-order valence-electron chi connectivity index (χ2n) is 9.01. The highest BCUT2D eigenvalue weighted by atomic mass is 19.1. The van der Waals surface area contributed by atoms with E-state index in [0.717, 1.165) is 17.4 Å². The molecule has 2 heterocycles. The molecule has 3 N–H and O–H groups in total. The zero-order chi connectivity index (χ0) is 28.8. The number of nitrogens with two attached hydrogens (primary N) is 1. The van der Waals surface area contributed by atoms with Gasteiger partial charge in [-0.1, -0.05) is 25.1 Å². The number of amides is 2. The van der Waals surface area contributed by atoms with Crippen molar-refractivity contribution in [2.24, 2.45) is 0 Å². The van der Waals surface area contributed by atoms with Crippen LogP contribution in [0.15, 0.2) is 67.0 Å². The fourth-order valence-corrected chi connectivity index (χ4v) is 4.20. The van der Waals surface area contributed by atoms with Gasteiger partial charge in [0.2, 0.25) is 0 Å². The summed E-state index contributed by atoms with van der Waals surface area (Å²) in [6.07, 6.45) is 2.82. The molecule has 2 aromatic heterocycles. The second-order valence-corrected chi connectivity index (χ2v) is 9.01. The van der Waals surface area contributed by atoms with Gasteiger partial charge in [0.1, 0.15) is 5.69 Å². The lowest BCUT2D eigenvalue weighted by Crippen LogP contribution is -2.38. The Morgan fingerprint density at radius 3 is 2.50 bits per heavy atom. The van der Waals surface area contributed by atoms with E-state index in [0.29, 0.717) is 12.0 Å². The number of nitrogens with zero attached hydrogens (tertiary/aromatic N) is 4. The Hall–Kier alpha value is -4.93. The maximum atomic E-state index is 15.2. The van der Waals surface area contributed by atoms with Crippen molar-refractivity contribution in [2.75, 3.05) is 22.6 Å². The number of nitrogen functional groups attached to an aromatic ring is 1. The fraction of sp³-hybridized carbons (Fsp3) is 0.241. The lowest BCUT2D eigenvalue weighted by molar-refractivity contribution is 0.102. The Balaban J connectivity index is 1.57. The van der Waals surface area contributed by atoms with Crippen molar-refractivity contribution in [3.05, 3.63) is 84.1 Å². The average Bonchev–Trinajstić information content (AvgIpc) is 3.37. The van der Waals surface area contributed by atoms with Crippen LogP contribution >= 0.6 is 0 Å². The van der Waals surface area contributed by atoms with Gasteiger partial charge >= 0.3 is 6.09 Å². The topological polar surface area (TPSA) is 125 Å². The molecule has 208 valence electrons. The number of rotatable bonds is 9. The maximum absolute atomic E-state index is 15.2. The van der Waals surface area contributed by atoms with E-state index in [2.05, 4.69) is 15.4 Å². The minimum atomic E-state index is -0.734. The van der Waals surface area contributed by atoms with Crippen LogP contribution in [-0.2, 0) is 11.2 Å². The molecule has 0 saturated heterocycles. The summed E-state index contributed by atoms with van der Waals surface area (Å²) in [5.41, 5.74) is 8.43. The fourth-order valence-electron chi connectivity index (χ4n) is 4.20. The van der Waals surface area contributed by atoms with Crippen LogP contribution in [0.3, 0.4) is 0 Å². The van der Waals surface area contributed by atoms with Crippen LogP contribution in [0.1, 0.15) is 43.7 Å². The summed E-state index contributed by atoms with van der Waals surface area (Å²) in [5.74, 6) is -1.15. The van der Waals surface area contributed by atoms with Crippen molar-refractivity contribution < 1.29 is 23.5 Å². The van der Waals surface area contributed by atoms with Gasteiger partial charge in [-0.05, 0) is 51.5 Å². The number of hydrogen-bond acceptors (Lipinski definition) is 7. The normalized spacial score (nSPS) is 10.8. The molecule has 11 heteroatoms. The first-order valence-electron chi connectivity index (χ1n) is 12.9. The zero-order valence-electron chi connectivity index (χ0n) is 22.7. The van der Waals surface area contributed by atoms with Crippen LogP contribution in [0.25, 0.3) is 5.69 Å². The van der Waals surface area contributed by atoms with E-state index in [1.807, 2.05) is 37.3 Å². The summed E-state index contributed by atoms with van der Waals surface area (Å²) in [6, 6.07) is 14.7. The summed E-state index contributed by atoms with van der Waals surface area (Å²) in [5, 5.41) is 7.10. The van der Waals surface area contributed by atoms with Crippen LogP contribution < -0.4 is 20.7 Å². The monoisotopic (exact) mass is 546 g/mol. The third-order valence-corrected chi connectivity index (χ3v) is 6.00. The molecular weight excluding hydrogens is 515 g/mol. The molecule has 0 radical (unpaired) electrons. The summed E-state index contributed by atoms with van der Waals surface area (Å²) in [7, 11) is 0. The lowest BCUT2D eigenvalue weighted by Gasteiger charge is -2.28. The standard InChI is InChI=1S/C29H31FN6O4/c1-5-23-21(17-33-36(23)20-10-8-7-9-11-20)28(37)34-19-12-13-24(22(30)16-19)40-25-14-15-32-27(31)26(25)35(18(3)4)29(38)39-6-2/h7-18H,5-6H2,1-4H3,(H2,31,32)(H,34,37). The quantitative estimate of drug-likeness (QED) is 0.265. The summed E-state index contributed by atoms with van der Waals surface area (Å²) >= 11 is 0. The number of nitrogens with one attached hydrogen (secondary N) is 1. The highest BCUT2D eigenvalue weighted by Crippen LogP contribution is 2.38. The summed E-state index contributed by atoms with van der Waals surface area (Å²) < 4.78 is 27.9. The number of hydrogen-bond donors (Lipinski definition) is 2. The molecule has 0 atom stereocenters. The van der Waals surface area contributed by atoms with Gasteiger partial charge in [-0.2, -0.15) is 5.10 Å². The predicted octanol–water partition coefficient (Wildman–Crippen LogP) is 5.97. The molecule has 0 aliphatic carbocycles. The van der Waals surface area contributed by atoms with E-state index >= 15 is 4.39 Å². The summed E-state index contributed by atoms with van der Waals surface area (Å²) in [4.78, 5) is 31.1. The van der Waals surface area contributed by atoms with E-state index in [9.17, 15) is 9.59 Å². The Bertz CT molecular complexity index is 1510. The molecule has 0 spiro atoms. The number of aromatic nitrogens is 3. The maximum Gasteiger partial charge on any atom is 0.414 e. The van der Waals surface area contributed by atoms with E-state index < -0.39 is 17.8 Å². The second kappa shape index (κ2) is 12.3. The van der Waals surface area contributed by atoms with E-state index in [4.69, 9.17) is 15.2 Å². The molecular formula is C29H31FN6O4. The van der Waals surface area contributed by atoms with Crippen LogP contribution in [0, 0.1) is 5.82 Å². The smallest absolute Gasteiger partial charge is 0.414 e. The minimum absolute atomic E-state index is 0.0197. The average molecular weight is 547 g/mol. The highest BCUT2D eigenvalue weighted by Gasteiger charge is 2.27. The van der Waals surface area contributed by atoms with Crippen LogP contribution in [-0.4, -0.2) is 39.4 Å². The summed E-state index contributed by atoms with van der Waals surface area (Å²) in [6.45, 7) is 7.33. The molecule has 0 saturated carbocycles. The van der Waals surface area contributed by atoms with Gasteiger partial charge in [-0.3, -0.25) is 9.69 Å². The van der Waals surface area contributed by atoms with Gasteiger partial charge in [0.05, 0.1) is 29.7 Å². The number of pyridine rings is 1. The number of halogens is 1. The molecule has 4 rings (SSSR count). The Kier molecular flexibility index (Phi) is 8.63. The predicted molar refractivity (Wildman–Crippen MR) is 151 cm³/mol. The third kappa shape index (κ3) is 5.88. The number of benzene rings is 2. The van der Waals surface area contributed by atoms with E-state index in [1.54, 1.807) is 25.5 Å². The third-order valence-electron chi connectivity index (χ3n) is 6.00. The number of carbonyl (C=O) groups excluding carboxylic acids is 2. The molecule has 2 aromatic carbocycles. The van der Waals surface area contributed by atoms with Crippen molar-refractivity contribution in [3.63, 3.8) is 0 Å². The first kappa shape index (κ1) is 28.1. The van der Waals surface area contributed by atoms with Gasteiger partial charge in [-0.15, -0.1) is 0 Å². The van der Waals surface area contributed by atoms with Crippen LogP contribution in [0.2, 0.25) is 0 Å². The van der Waals surface area contributed by atoms with Crippen molar-refractivity contribution in [1.29, 1.82) is 0 Å². The molecule has 0 fully saturated rings. The van der Waals surface area contributed by atoms with Gasteiger partial charge in [-0.25, -0.2) is 18.9 Å². The molecule has 40 heavy (non-hydrogen) atoms. The number of carbonyl (C=O) groups is 2. The Labute approximate surface area is 231 Å². The van der Waals surface area contributed by atoms with Gasteiger partial charge in [0, 0.05) is 30.1 Å². The van der Waals surface area contributed by atoms with E-state index in [1.165, 1.54) is 35.5 Å². The molecule has 2 amide bonds. The number of ether oxygens (including phenoxy) is 2. The molecule has 0 bridgehead atoms. The molecule has 4 aromatic rings. The largest absolute Gasteiger partial charge is 0.452 e. The zero-order valence-corrected chi connectivity index (χ0v) is 22.7. The molecule has 0 aliphatic heterocycles. The number of anilines is 3. The van der Waals surface area contributed by atoms with Crippen molar-refractivity contribution in [3.8, 4) is 17.2 Å². The van der Waals surface area contributed by atoms with Crippen molar-refractivity contribution in [1.82, 2.24) is 14.8 Å². The lowest BCUT2D eigenvalue weighted by atomic mass is 10.1. The minimum Gasteiger partial charge on any atom is -0.452 e. The molecule has 0 aliphatic rings. The van der Waals surface area contributed by atoms with Gasteiger partial charge in [0.25, 0.3) is 5.91 Å². The highest BCUT2D eigenvalue weighted by molar-refractivity contribution is 6.05. The Morgan fingerprint density at radius 2 is 1.85 bits per heavy atom. The van der Waals surface area contributed by atoms with Crippen LogP contribution in [0.5, 0.6) is 11.5 Å². The first-order chi connectivity index (χ1) is 19.2. The SMILES string of the molecule is CCOC(=O)N(c1c(Oc2ccc(NC(=O)c3cnn(-c4ccccc4)c3CC)cc2F)ccnc1N)C(C)C. The van der Waals surface area contributed by atoms with Crippen molar-refractivity contribution in [2.45, 2.75) is 40.2 Å². The van der Waals surface area contributed by atoms with Crippen LogP contribution in [0.4, 0.5) is 26.4 Å². The van der Waals surface area contributed by atoms with Crippen molar-refractivity contribution >= 4 is 29.2 Å². The molecule has 10 nitrogen and oxygen atoms in total. The van der Waals surface area contributed by atoms with Gasteiger partial charge < -0.3 is 20.5 Å². The number of para-hydroxylation sites is 1.